The third kappa shape index (κ3) is 4.27. The Labute approximate surface area is 148 Å². The lowest BCUT2D eigenvalue weighted by Crippen LogP contribution is -2.55. The van der Waals surface area contributed by atoms with Crippen molar-refractivity contribution >= 4 is 6.03 Å². The second-order valence-electron chi connectivity index (χ2n) is 7.38. The number of carbonyl (C=O) groups is 1. The Kier molecular flexibility index (Phi) is 5.12. The van der Waals surface area contributed by atoms with E-state index in [2.05, 4.69) is 10.6 Å². The first kappa shape index (κ1) is 18.9. The predicted molar refractivity (Wildman–Crippen MR) is 85.8 cm³/mol. The number of halogens is 5. The van der Waals surface area contributed by atoms with E-state index in [0.717, 1.165) is 43.9 Å². The second-order valence-corrected chi connectivity index (χ2v) is 7.38. The third-order valence-electron chi connectivity index (χ3n) is 5.44. The molecule has 1 aromatic carbocycles. The topological polar surface area (TPSA) is 41.1 Å². The smallest absolute Gasteiger partial charge is 0.335 e. The van der Waals surface area contributed by atoms with E-state index in [1.807, 2.05) is 0 Å². The van der Waals surface area contributed by atoms with E-state index in [0.29, 0.717) is 5.41 Å². The summed E-state index contributed by atoms with van der Waals surface area (Å²) in [7, 11) is 0. The van der Waals surface area contributed by atoms with E-state index in [9.17, 15) is 26.7 Å². The first-order valence-corrected chi connectivity index (χ1v) is 8.69. The summed E-state index contributed by atoms with van der Waals surface area (Å²) in [6.45, 7) is 0. The van der Waals surface area contributed by atoms with Crippen molar-refractivity contribution in [1.29, 1.82) is 0 Å². The first-order valence-electron chi connectivity index (χ1n) is 8.69. The largest absolute Gasteiger partial charge is 0.416 e. The van der Waals surface area contributed by atoms with Gasteiger partial charge in [-0.25, -0.2) is 13.6 Å². The third-order valence-corrected chi connectivity index (χ3v) is 5.44. The minimum Gasteiger partial charge on any atom is -0.335 e. The highest BCUT2D eigenvalue weighted by Gasteiger charge is 2.48. The molecule has 1 spiro atoms. The molecule has 2 fully saturated rings. The number of hydrogen-bond acceptors (Lipinski definition) is 1. The molecule has 0 heterocycles. The van der Waals surface area contributed by atoms with Crippen molar-refractivity contribution in [2.45, 2.75) is 63.2 Å². The van der Waals surface area contributed by atoms with Gasteiger partial charge >= 0.3 is 12.2 Å². The number of urea groups is 1. The fourth-order valence-electron chi connectivity index (χ4n) is 3.95. The molecule has 2 aliphatic carbocycles. The molecule has 144 valence electrons. The van der Waals surface area contributed by atoms with Crippen LogP contribution in [-0.4, -0.2) is 18.5 Å². The highest BCUT2D eigenvalue weighted by Crippen LogP contribution is 2.55. The summed E-state index contributed by atoms with van der Waals surface area (Å²) in [6, 6.07) is 2.35. The normalized spacial score (nSPS) is 20.4. The predicted octanol–water partition coefficient (Wildman–Crippen LogP) is 5.03. The summed E-state index contributed by atoms with van der Waals surface area (Å²) in [5, 5.41) is 5.15. The molecule has 0 aromatic heterocycles. The van der Waals surface area contributed by atoms with Gasteiger partial charge in [-0.2, -0.15) is 13.2 Å². The van der Waals surface area contributed by atoms with Gasteiger partial charge in [-0.15, -0.1) is 0 Å². The minimum atomic E-state index is -4.57. The fourth-order valence-corrected chi connectivity index (χ4v) is 3.95. The van der Waals surface area contributed by atoms with Gasteiger partial charge in [0.1, 0.15) is 0 Å². The maximum Gasteiger partial charge on any atom is 0.416 e. The quantitative estimate of drug-likeness (QED) is 0.695. The van der Waals surface area contributed by atoms with Crippen LogP contribution in [0.15, 0.2) is 24.3 Å². The lowest BCUT2D eigenvalue weighted by Gasteiger charge is -2.54. The summed E-state index contributed by atoms with van der Waals surface area (Å²) in [4.78, 5) is 12.1. The van der Waals surface area contributed by atoms with Gasteiger partial charge in [0.25, 0.3) is 0 Å². The Morgan fingerprint density at radius 3 is 2.46 bits per heavy atom. The average molecular weight is 376 g/mol. The van der Waals surface area contributed by atoms with Crippen molar-refractivity contribution in [3.8, 4) is 0 Å². The van der Waals surface area contributed by atoms with Crippen LogP contribution in [0.3, 0.4) is 0 Å². The molecule has 0 saturated heterocycles. The Bertz CT molecular complexity index is 649. The zero-order valence-corrected chi connectivity index (χ0v) is 14.1. The van der Waals surface area contributed by atoms with Gasteiger partial charge in [0, 0.05) is 12.5 Å². The molecule has 3 nitrogen and oxygen atoms in total. The second kappa shape index (κ2) is 7.04. The van der Waals surface area contributed by atoms with Crippen LogP contribution in [-0.2, 0) is 6.18 Å². The summed E-state index contributed by atoms with van der Waals surface area (Å²) in [6.07, 6.45) is -2.80. The van der Waals surface area contributed by atoms with Gasteiger partial charge in [0.15, 0.2) is 0 Å². The highest BCUT2D eigenvalue weighted by atomic mass is 19.4. The van der Waals surface area contributed by atoms with Gasteiger partial charge in [-0.3, -0.25) is 0 Å². The van der Waals surface area contributed by atoms with E-state index >= 15 is 0 Å². The van der Waals surface area contributed by atoms with Crippen LogP contribution in [0.25, 0.3) is 0 Å². The van der Waals surface area contributed by atoms with Gasteiger partial charge in [0.05, 0.1) is 11.6 Å². The number of rotatable bonds is 5. The molecule has 0 aliphatic heterocycles. The van der Waals surface area contributed by atoms with Crippen LogP contribution in [0, 0.1) is 5.41 Å². The molecule has 1 aromatic rings. The minimum absolute atomic E-state index is 0.00371. The van der Waals surface area contributed by atoms with Crippen LogP contribution < -0.4 is 10.6 Å². The molecular formula is C18H21F5N2O. The molecule has 0 radical (unpaired) electrons. The Hall–Kier alpha value is -1.86. The maximum absolute atomic E-state index is 12.9. The Morgan fingerprint density at radius 2 is 1.92 bits per heavy atom. The fraction of sp³-hybridized carbons (Fsp3) is 0.611. The van der Waals surface area contributed by atoms with Crippen molar-refractivity contribution < 1.29 is 26.7 Å². The van der Waals surface area contributed by atoms with Crippen molar-refractivity contribution in [2.24, 2.45) is 5.41 Å². The lowest BCUT2D eigenvalue weighted by molar-refractivity contribution is -0.137. The van der Waals surface area contributed by atoms with Crippen LogP contribution in [0.5, 0.6) is 0 Å². The van der Waals surface area contributed by atoms with Crippen molar-refractivity contribution in [3.63, 3.8) is 0 Å². The number of carbonyl (C=O) groups excluding carboxylic acids is 1. The van der Waals surface area contributed by atoms with Crippen molar-refractivity contribution in [2.75, 3.05) is 0 Å². The van der Waals surface area contributed by atoms with E-state index in [1.165, 1.54) is 12.5 Å². The molecule has 1 unspecified atom stereocenters. The van der Waals surface area contributed by atoms with Crippen LogP contribution in [0.2, 0.25) is 0 Å². The van der Waals surface area contributed by atoms with Gasteiger partial charge in [-0.1, -0.05) is 18.6 Å². The van der Waals surface area contributed by atoms with Crippen LogP contribution in [0.4, 0.5) is 26.7 Å². The lowest BCUT2D eigenvalue weighted by atomic mass is 9.54. The van der Waals surface area contributed by atoms with Crippen molar-refractivity contribution in [3.05, 3.63) is 35.4 Å². The number of amides is 2. The van der Waals surface area contributed by atoms with Gasteiger partial charge in [-0.05, 0) is 48.8 Å². The molecule has 2 aliphatic rings. The zero-order valence-electron chi connectivity index (χ0n) is 14.1. The zero-order chi connectivity index (χ0) is 18.9. The molecule has 8 heteroatoms. The number of alkyl halides is 5. The van der Waals surface area contributed by atoms with Gasteiger partial charge in [0.2, 0.25) is 6.43 Å². The Morgan fingerprint density at radius 1 is 1.23 bits per heavy atom. The maximum atomic E-state index is 12.9. The standard InChI is InChI=1S/C18H21F5N2O/c19-15(20)8-14(11-3-1-4-12(7-11)18(21,22)23)25-16(26)24-13-9-17(10-13)5-2-6-17/h1,3-4,7,13-15H,2,5-6,8-10H2,(H2,24,25,26). The molecule has 0 bridgehead atoms. The summed E-state index contributed by atoms with van der Waals surface area (Å²) >= 11 is 0. The van der Waals surface area contributed by atoms with Crippen molar-refractivity contribution in [1.82, 2.24) is 10.6 Å². The number of nitrogens with one attached hydrogen (secondary N) is 2. The molecule has 26 heavy (non-hydrogen) atoms. The SMILES string of the molecule is O=C(NC1CC2(CCC2)C1)NC(CC(F)F)c1cccc(C(F)(F)F)c1. The molecule has 1 atom stereocenters. The molecule has 2 N–H and O–H groups in total. The highest BCUT2D eigenvalue weighted by molar-refractivity contribution is 5.75. The van der Waals surface area contributed by atoms with Crippen LogP contribution in [0.1, 0.15) is 55.7 Å². The molecule has 2 saturated carbocycles. The number of hydrogen-bond donors (Lipinski definition) is 2. The average Bonchev–Trinajstić information content (AvgIpc) is 2.46. The summed E-state index contributed by atoms with van der Waals surface area (Å²) in [5.41, 5.74) is -0.566. The molecular weight excluding hydrogens is 355 g/mol. The monoisotopic (exact) mass is 376 g/mol. The van der Waals surface area contributed by atoms with Gasteiger partial charge < -0.3 is 10.6 Å². The Balaban J connectivity index is 1.63. The molecule has 2 amide bonds. The first-order chi connectivity index (χ1) is 12.2. The van der Waals surface area contributed by atoms with Crippen LogP contribution >= 0.6 is 0 Å². The van der Waals surface area contributed by atoms with E-state index in [1.54, 1.807) is 0 Å². The molecule has 3 rings (SSSR count). The van der Waals surface area contributed by atoms with E-state index < -0.39 is 36.7 Å². The van der Waals surface area contributed by atoms with E-state index in [-0.39, 0.29) is 11.6 Å². The van der Waals surface area contributed by atoms with E-state index in [4.69, 9.17) is 0 Å². The summed E-state index contributed by atoms with van der Waals surface area (Å²) in [5.74, 6) is 0. The number of benzene rings is 1. The summed E-state index contributed by atoms with van der Waals surface area (Å²) < 4.78 is 64.3.